The molecule has 0 aliphatic rings. The van der Waals surface area contributed by atoms with E-state index in [1.54, 1.807) is 17.7 Å². The second-order valence-corrected chi connectivity index (χ2v) is 6.08. The van der Waals surface area contributed by atoms with Crippen molar-refractivity contribution < 1.29 is 9.32 Å². The van der Waals surface area contributed by atoms with Gasteiger partial charge < -0.3 is 9.84 Å². The average Bonchev–Trinajstić information content (AvgIpc) is 3.02. The first-order chi connectivity index (χ1) is 11.4. The molecule has 0 aliphatic carbocycles. The van der Waals surface area contributed by atoms with Gasteiger partial charge in [0, 0.05) is 30.6 Å². The summed E-state index contributed by atoms with van der Waals surface area (Å²) in [5, 5.41) is 12.0. The summed E-state index contributed by atoms with van der Waals surface area (Å²) < 4.78 is 6.75. The molecule has 3 aromatic heterocycles. The molecule has 3 heterocycles. The Kier molecular flexibility index (Phi) is 4.09. The van der Waals surface area contributed by atoms with Crippen molar-refractivity contribution >= 4 is 22.8 Å². The lowest BCUT2D eigenvalue weighted by Crippen LogP contribution is -2.13. The Morgan fingerprint density at radius 1 is 1.25 bits per heavy atom. The van der Waals surface area contributed by atoms with Crippen LogP contribution in [0.3, 0.4) is 0 Å². The number of pyridine rings is 1. The van der Waals surface area contributed by atoms with E-state index in [2.05, 4.69) is 27.5 Å². The highest BCUT2D eigenvalue weighted by molar-refractivity contribution is 5.90. The molecule has 0 spiro atoms. The number of aromatic nitrogens is 4. The number of carbonyl (C=O) groups is 1. The first-order valence-electron chi connectivity index (χ1n) is 7.89. The number of aryl methyl sites for hydroxylation is 5. The second kappa shape index (κ2) is 6.07. The third-order valence-electron chi connectivity index (χ3n) is 4.23. The standard InChI is InChI=1S/C17H21N5O2/c1-9-8-14(21-24-9)19-15(23)7-6-13-10(2)16-12(4)20-22(5)17(16)18-11(13)3/h8H,6-7H2,1-5H3,(H,19,21,23). The Labute approximate surface area is 140 Å². The van der Waals surface area contributed by atoms with Crippen molar-refractivity contribution in [3.63, 3.8) is 0 Å². The van der Waals surface area contributed by atoms with E-state index in [0.717, 1.165) is 33.5 Å². The predicted molar refractivity (Wildman–Crippen MR) is 90.9 cm³/mol. The minimum Gasteiger partial charge on any atom is -0.360 e. The highest BCUT2D eigenvalue weighted by atomic mass is 16.5. The third-order valence-corrected chi connectivity index (χ3v) is 4.23. The van der Waals surface area contributed by atoms with Crippen molar-refractivity contribution in [1.82, 2.24) is 19.9 Å². The van der Waals surface area contributed by atoms with Gasteiger partial charge in [0.1, 0.15) is 5.76 Å². The van der Waals surface area contributed by atoms with Crippen LogP contribution in [-0.4, -0.2) is 25.8 Å². The molecule has 0 radical (unpaired) electrons. The normalized spacial score (nSPS) is 11.2. The van der Waals surface area contributed by atoms with Crippen molar-refractivity contribution in [3.8, 4) is 0 Å². The quantitative estimate of drug-likeness (QED) is 0.796. The Bertz CT molecular complexity index is 923. The maximum Gasteiger partial charge on any atom is 0.225 e. The molecule has 24 heavy (non-hydrogen) atoms. The van der Waals surface area contributed by atoms with Crippen molar-refractivity contribution in [2.24, 2.45) is 7.05 Å². The number of carbonyl (C=O) groups excluding carboxylic acids is 1. The molecule has 3 aromatic rings. The van der Waals surface area contributed by atoms with Crippen LogP contribution in [0.25, 0.3) is 11.0 Å². The van der Waals surface area contributed by atoms with Crippen molar-refractivity contribution in [3.05, 3.63) is 34.3 Å². The zero-order chi connectivity index (χ0) is 17.4. The molecule has 126 valence electrons. The van der Waals surface area contributed by atoms with Crippen LogP contribution in [-0.2, 0) is 18.3 Å². The topological polar surface area (TPSA) is 85.8 Å². The van der Waals surface area contributed by atoms with Crippen LogP contribution >= 0.6 is 0 Å². The van der Waals surface area contributed by atoms with Crippen molar-refractivity contribution in [2.45, 2.75) is 40.5 Å². The summed E-state index contributed by atoms with van der Waals surface area (Å²) in [5.41, 5.74) is 5.03. The van der Waals surface area contributed by atoms with Gasteiger partial charge in [-0.25, -0.2) is 4.98 Å². The number of nitrogens with one attached hydrogen (secondary N) is 1. The van der Waals surface area contributed by atoms with Gasteiger partial charge in [0.05, 0.1) is 5.69 Å². The Balaban J connectivity index is 1.80. The van der Waals surface area contributed by atoms with Gasteiger partial charge in [0.2, 0.25) is 5.91 Å². The SMILES string of the molecule is Cc1cc(NC(=O)CCc2c(C)nc3c(c(C)nn3C)c2C)no1. The van der Waals surface area contributed by atoms with E-state index >= 15 is 0 Å². The summed E-state index contributed by atoms with van der Waals surface area (Å²) in [5.74, 6) is 1.02. The zero-order valence-electron chi connectivity index (χ0n) is 14.6. The van der Waals surface area contributed by atoms with Gasteiger partial charge in [0.25, 0.3) is 0 Å². The lowest BCUT2D eigenvalue weighted by atomic mass is 9.99. The lowest BCUT2D eigenvalue weighted by Gasteiger charge is -2.11. The molecular weight excluding hydrogens is 306 g/mol. The van der Waals surface area contributed by atoms with Gasteiger partial charge in [-0.3, -0.25) is 9.48 Å². The summed E-state index contributed by atoms with van der Waals surface area (Å²) in [6.45, 7) is 7.81. The van der Waals surface area contributed by atoms with Crippen LogP contribution in [0.1, 0.15) is 34.7 Å². The molecule has 0 fully saturated rings. The van der Waals surface area contributed by atoms with E-state index in [0.29, 0.717) is 24.4 Å². The van der Waals surface area contributed by atoms with Gasteiger partial charge >= 0.3 is 0 Å². The molecule has 0 unspecified atom stereocenters. The summed E-state index contributed by atoms with van der Waals surface area (Å²) >= 11 is 0. The fraction of sp³-hybridized carbons (Fsp3) is 0.412. The van der Waals surface area contributed by atoms with Gasteiger partial charge in [-0.1, -0.05) is 5.16 Å². The first kappa shape index (κ1) is 16.2. The van der Waals surface area contributed by atoms with Gasteiger partial charge in [-0.05, 0) is 45.2 Å². The molecule has 0 saturated heterocycles. The molecule has 1 N–H and O–H groups in total. The predicted octanol–water partition coefficient (Wildman–Crippen LogP) is 2.76. The number of amides is 1. The van der Waals surface area contributed by atoms with Crippen LogP contribution in [0.15, 0.2) is 10.6 Å². The van der Waals surface area contributed by atoms with Crippen LogP contribution < -0.4 is 5.32 Å². The Morgan fingerprint density at radius 3 is 2.67 bits per heavy atom. The lowest BCUT2D eigenvalue weighted by molar-refractivity contribution is -0.116. The van der Waals surface area contributed by atoms with Gasteiger partial charge in [-0.15, -0.1) is 0 Å². The van der Waals surface area contributed by atoms with E-state index in [9.17, 15) is 4.79 Å². The summed E-state index contributed by atoms with van der Waals surface area (Å²) in [6, 6.07) is 1.70. The van der Waals surface area contributed by atoms with E-state index in [4.69, 9.17) is 4.52 Å². The molecule has 0 aliphatic heterocycles. The van der Waals surface area contributed by atoms with Crippen molar-refractivity contribution in [1.29, 1.82) is 0 Å². The van der Waals surface area contributed by atoms with Crippen LogP contribution in [0.2, 0.25) is 0 Å². The Hall–Kier alpha value is -2.70. The number of hydrogen-bond donors (Lipinski definition) is 1. The summed E-state index contributed by atoms with van der Waals surface area (Å²) in [6.07, 6.45) is 0.984. The monoisotopic (exact) mass is 327 g/mol. The highest BCUT2D eigenvalue weighted by Crippen LogP contribution is 2.26. The van der Waals surface area contributed by atoms with Crippen molar-refractivity contribution in [2.75, 3.05) is 5.32 Å². The smallest absolute Gasteiger partial charge is 0.225 e. The third kappa shape index (κ3) is 2.89. The fourth-order valence-electron chi connectivity index (χ4n) is 3.10. The molecule has 0 aromatic carbocycles. The first-order valence-corrected chi connectivity index (χ1v) is 7.89. The minimum absolute atomic E-state index is 0.0925. The second-order valence-electron chi connectivity index (χ2n) is 6.08. The van der Waals surface area contributed by atoms with Crippen LogP contribution in [0.4, 0.5) is 5.82 Å². The number of anilines is 1. The van der Waals surface area contributed by atoms with E-state index in [-0.39, 0.29) is 5.91 Å². The van der Waals surface area contributed by atoms with Gasteiger partial charge in [-0.2, -0.15) is 5.10 Å². The van der Waals surface area contributed by atoms with Gasteiger partial charge in [0.15, 0.2) is 11.5 Å². The number of hydrogen-bond acceptors (Lipinski definition) is 5. The maximum atomic E-state index is 12.1. The molecule has 7 nitrogen and oxygen atoms in total. The molecule has 7 heteroatoms. The molecule has 3 rings (SSSR count). The summed E-state index contributed by atoms with van der Waals surface area (Å²) in [4.78, 5) is 16.8. The summed E-state index contributed by atoms with van der Waals surface area (Å²) in [7, 11) is 1.90. The molecule has 0 saturated carbocycles. The minimum atomic E-state index is -0.0925. The van der Waals surface area contributed by atoms with E-state index < -0.39 is 0 Å². The highest BCUT2D eigenvalue weighted by Gasteiger charge is 2.16. The Morgan fingerprint density at radius 2 is 2.00 bits per heavy atom. The maximum absolute atomic E-state index is 12.1. The molecule has 1 amide bonds. The van der Waals surface area contributed by atoms with Crippen LogP contribution in [0, 0.1) is 27.7 Å². The number of fused-ring (bicyclic) bond motifs is 1. The largest absolute Gasteiger partial charge is 0.360 e. The fourth-order valence-corrected chi connectivity index (χ4v) is 3.10. The zero-order valence-corrected chi connectivity index (χ0v) is 14.6. The molecule has 0 atom stereocenters. The average molecular weight is 327 g/mol. The number of rotatable bonds is 4. The molecular formula is C17H21N5O2. The van der Waals surface area contributed by atoms with Crippen LogP contribution in [0.5, 0.6) is 0 Å². The number of nitrogens with zero attached hydrogens (tertiary/aromatic N) is 4. The van der Waals surface area contributed by atoms with E-state index in [1.165, 1.54) is 0 Å². The van der Waals surface area contributed by atoms with E-state index in [1.807, 2.05) is 20.9 Å². The molecule has 0 bridgehead atoms.